The number of anilines is 2. The quantitative estimate of drug-likeness (QED) is 0.845. The summed E-state index contributed by atoms with van der Waals surface area (Å²) in [6.07, 6.45) is 7.11. The molecule has 2 aromatic heterocycles. The van der Waals surface area contributed by atoms with E-state index < -0.39 is 12.4 Å². The van der Waals surface area contributed by atoms with Crippen molar-refractivity contribution in [2.24, 2.45) is 5.92 Å². The summed E-state index contributed by atoms with van der Waals surface area (Å²) < 4.78 is 16.3. The Balaban J connectivity index is 1.73. The molecule has 0 aromatic carbocycles. The van der Waals surface area contributed by atoms with Crippen molar-refractivity contribution in [3.8, 4) is 11.3 Å². The Morgan fingerprint density at radius 2 is 1.89 bits per heavy atom. The zero-order valence-corrected chi connectivity index (χ0v) is 17.0. The van der Waals surface area contributed by atoms with Gasteiger partial charge in [0, 0.05) is 28.9 Å². The molecule has 0 atom stereocenters. The zero-order valence-electron chi connectivity index (χ0n) is 19.0. The molecule has 28 heavy (non-hydrogen) atoms. The van der Waals surface area contributed by atoms with Crippen LogP contribution in [0, 0.1) is 5.92 Å². The molecule has 6 nitrogen and oxygen atoms in total. The molecule has 1 saturated carbocycles. The average molecular weight is 382 g/mol. The molecule has 1 aliphatic carbocycles. The first kappa shape index (κ1) is 16.5. The maximum absolute atomic E-state index is 13.0. The Hall–Kier alpha value is -2.50. The topological polar surface area (TPSA) is 71.0 Å². The molecular formula is C22H29N5O. The predicted octanol–water partition coefficient (Wildman–Crippen LogP) is 4.17. The van der Waals surface area contributed by atoms with Gasteiger partial charge < -0.3 is 5.32 Å². The SMILES string of the molecule is [2H]C1([2H])Nc2ncc(-c3ccc(C(C)(C)C)nc3)nc2N(C2CCC(C)CC2)C1=O. The van der Waals surface area contributed by atoms with Crippen molar-refractivity contribution in [1.82, 2.24) is 15.0 Å². The first-order valence-electron chi connectivity index (χ1n) is 11.0. The van der Waals surface area contributed by atoms with E-state index in [4.69, 9.17) is 7.73 Å². The smallest absolute Gasteiger partial charge is 0.247 e. The number of hydrogen-bond acceptors (Lipinski definition) is 5. The van der Waals surface area contributed by atoms with Crippen molar-refractivity contribution in [2.45, 2.75) is 64.8 Å². The summed E-state index contributed by atoms with van der Waals surface area (Å²) in [6.45, 7) is 6.36. The van der Waals surface area contributed by atoms with Gasteiger partial charge in [0.15, 0.2) is 11.6 Å². The normalized spacial score (nSPS) is 25.4. The lowest BCUT2D eigenvalue weighted by molar-refractivity contribution is -0.117. The molecule has 148 valence electrons. The summed E-state index contributed by atoms with van der Waals surface area (Å²) in [6, 6.07) is 3.89. The fourth-order valence-corrected chi connectivity index (χ4v) is 3.87. The van der Waals surface area contributed by atoms with Gasteiger partial charge in [-0.1, -0.05) is 27.7 Å². The fourth-order valence-electron chi connectivity index (χ4n) is 3.87. The first-order valence-corrected chi connectivity index (χ1v) is 10.0. The number of nitrogens with zero attached hydrogens (tertiary/aromatic N) is 4. The van der Waals surface area contributed by atoms with Crippen LogP contribution in [0.3, 0.4) is 0 Å². The minimum atomic E-state index is -2.19. The number of carbonyl (C=O) groups is 1. The van der Waals surface area contributed by atoms with Gasteiger partial charge in [-0.15, -0.1) is 0 Å². The van der Waals surface area contributed by atoms with Gasteiger partial charge in [0.25, 0.3) is 0 Å². The molecule has 4 rings (SSSR count). The number of nitrogens with one attached hydrogen (secondary N) is 1. The average Bonchev–Trinajstić information content (AvgIpc) is 2.69. The molecule has 0 spiro atoms. The van der Waals surface area contributed by atoms with Crippen LogP contribution in [0.5, 0.6) is 0 Å². The van der Waals surface area contributed by atoms with Gasteiger partial charge in [-0.2, -0.15) is 0 Å². The summed E-state index contributed by atoms with van der Waals surface area (Å²) >= 11 is 0. The molecular weight excluding hydrogens is 350 g/mol. The second kappa shape index (κ2) is 7.15. The van der Waals surface area contributed by atoms with E-state index in [1.165, 1.54) is 0 Å². The number of rotatable bonds is 2. The van der Waals surface area contributed by atoms with Crippen molar-refractivity contribution in [1.29, 1.82) is 0 Å². The van der Waals surface area contributed by atoms with E-state index in [0.29, 0.717) is 23.2 Å². The Morgan fingerprint density at radius 3 is 2.54 bits per heavy atom. The van der Waals surface area contributed by atoms with Crippen LogP contribution in [0.2, 0.25) is 0 Å². The Bertz CT molecular complexity index is 947. The van der Waals surface area contributed by atoms with Crippen molar-refractivity contribution >= 4 is 17.5 Å². The van der Waals surface area contributed by atoms with E-state index in [9.17, 15) is 4.79 Å². The Labute approximate surface area is 169 Å². The van der Waals surface area contributed by atoms with Crippen molar-refractivity contribution in [3.05, 3.63) is 30.2 Å². The molecule has 0 unspecified atom stereocenters. The first-order chi connectivity index (χ1) is 14.1. The molecule has 2 aliphatic rings. The van der Waals surface area contributed by atoms with Crippen molar-refractivity contribution in [2.75, 3.05) is 16.7 Å². The summed E-state index contributed by atoms with van der Waals surface area (Å²) in [5, 5.41) is 2.62. The van der Waals surface area contributed by atoms with E-state index >= 15 is 0 Å². The number of carbonyl (C=O) groups excluding carboxylic acids is 1. The van der Waals surface area contributed by atoms with Gasteiger partial charge in [0.1, 0.15) is 0 Å². The summed E-state index contributed by atoms with van der Waals surface area (Å²) in [5.74, 6) is 0.746. The monoisotopic (exact) mass is 381 g/mol. The van der Waals surface area contributed by atoms with Crippen LogP contribution in [0.15, 0.2) is 24.5 Å². The van der Waals surface area contributed by atoms with E-state index in [1.807, 2.05) is 12.1 Å². The largest absolute Gasteiger partial charge is 0.358 e. The molecule has 1 N–H and O–H groups in total. The maximum atomic E-state index is 13.0. The van der Waals surface area contributed by atoms with E-state index in [1.54, 1.807) is 17.3 Å². The zero-order chi connectivity index (χ0) is 21.7. The summed E-state index contributed by atoms with van der Waals surface area (Å²) in [5.41, 5.74) is 2.38. The predicted molar refractivity (Wildman–Crippen MR) is 111 cm³/mol. The Morgan fingerprint density at radius 1 is 1.14 bits per heavy atom. The number of aromatic nitrogens is 3. The van der Waals surface area contributed by atoms with Crippen LogP contribution in [0.1, 0.15) is 61.8 Å². The number of amides is 1. The van der Waals surface area contributed by atoms with Gasteiger partial charge in [-0.05, 0) is 43.7 Å². The van der Waals surface area contributed by atoms with Crippen molar-refractivity contribution in [3.63, 3.8) is 0 Å². The Kier molecular flexibility index (Phi) is 4.20. The third kappa shape index (κ3) is 3.60. The molecule has 6 heteroatoms. The van der Waals surface area contributed by atoms with E-state index in [0.717, 1.165) is 36.9 Å². The van der Waals surface area contributed by atoms with Gasteiger partial charge in [0.2, 0.25) is 5.91 Å². The number of pyridine rings is 1. The molecule has 0 bridgehead atoms. The van der Waals surface area contributed by atoms with Gasteiger partial charge in [0.05, 0.1) is 21.1 Å². The lowest BCUT2D eigenvalue weighted by atomic mass is 9.86. The lowest BCUT2D eigenvalue weighted by Crippen LogP contribution is -2.48. The molecule has 0 radical (unpaired) electrons. The fraction of sp³-hybridized carbons (Fsp3) is 0.545. The van der Waals surface area contributed by atoms with Crippen LogP contribution < -0.4 is 10.2 Å². The van der Waals surface area contributed by atoms with E-state index in [2.05, 4.69) is 43.0 Å². The number of hydrogen-bond donors (Lipinski definition) is 1. The van der Waals surface area contributed by atoms with Crippen LogP contribution in [0.4, 0.5) is 11.6 Å². The van der Waals surface area contributed by atoms with E-state index in [-0.39, 0.29) is 11.5 Å². The number of fused-ring (bicyclic) bond motifs is 1. The third-order valence-corrected chi connectivity index (χ3v) is 5.67. The molecule has 3 heterocycles. The van der Waals surface area contributed by atoms with Gasteiger partial charge >= 0.3 is 0 Å². The highest BCUT2D eigenvalue weighted by Crippen LogP contribution is 2.35. The summed E-state index contributed by atoms with van der Waals surface area (Å²) in [7, 11) is 0. The van der Waals surface area contributed by atoms with Gasteiger partial charge in [-0.25, -0.2) is 9.97 Å². The third-order valence-electron chi connectivity index (χ3n) is 5.67. The summed E-state index contributed by atoms with van der Waals surface area (Å²) in [4.78, 5) is 28.3. The molecule has 0 saturated heterocycles. The second-order valence-electron chi connectivity index (χ2n) is 8.95. The molecule has 2 aromatic rings. The van der Waals surface area contributed by atoms with Gasteiger partial charge in [-0.3, -0.25) is 14.7 Å². The standard InChI is InChI=1S/C22H29N5O/c1-14-5-8-16(9-6-14)27-19(28)13-25-20-21(27)26-17(12-24-20)15-7-10-18(23-11-15)22(2,3)4/h7,10-12,14,16H,5-6,8-9,13H2,1-4H3,(H,24,25)/i13D2. The maximum Gasteiger partial charge on any atom is 0.247 e. The molecule has 1 fully saturated rings. The van der Waals surface area contributed by atoms with Crippen LogP contribution in [0.25, 0.3) is 11.3 Å². The van der Waals surface area contributed by atoms with Crippen LogP contribution >= 0.6 is 0 Å². The van der Waals surface area contributed by atoms with Crippen LogP contribution in [-0.4, -0.2) is 33.4 Å². The lowest BCUT2D eigenvalue weighted by Gasteiger charge is -2.38. The second-order valence-corrected chi connectivity index (χ2v) is 8.95. The molecule has 1 aliphatic heterocycles. The van der Waals surface area contributed by atoms with Crippen LogP contribution in [-0.2, 0) is 10.2 Å². The minimum absolute atomic E-state index is 0.0447. The highest BCUT2D eigenvalue weighted by molar-refractivity contribution is 6.01. The molecule has 1 amide bonds. The van der Waals surface area contributed by atoms with Crippen molar-refractivity contribution < 1.29 is 7.54 Å². The highest BCUT2D eigenvalue weighted by Gasteiger charge is 2.34. The highest BCUT2D eigenvalue weighted by atomic mass is 16.2. The minimum Gasteiger partial charge on any atom is -0.358 e.